The number of hydrogen-bond acceptors (Lipinski definition) is 3. The van der Waals surface area contributed by atoms with Gasteiger partial charge in [-0.2, -0.15) is 0 Å². The van der Waals surface area contributed by atoms with E-state index in [4.69, 9.17) is 4.74 Å². The number of aliphatic hydroxyl groups is 2. The highest BCUT2D eigenvalue weighted by atomic mass is 16.5. The largest absolute Gasteiger partial charge is 0.390 e. The summed E-state index contributed by atoms with van der Waals surface area (Å²) < 4.78 is 5.28. The fourth-order valence-corrected chi connectivity index (χ4v) is 1.56. The maximum absolute atomic E-state index is 9.45. The molecule has 5 atom stereocenters. The first-order valence-corrected chi connectivity index (χ1v) is 4.05. The Labute approximate surface area is 67.0 Å². The lowest BCUT2D eigenvalue weighted by Gasteiger charge is -2.38. The third-order valence-corrected chi connectivity index (χ3v) is 2.47. The van der Waals surface area contributed by atoms with Gasteiger partial charge >= 0.3 is 0 Å². The van der Waals surface area contributed by atoms with E-state index in [9.17, 15) is 10.2 Å². The van der Waals surface area contributed by atoms with Gasteiger partial charge in [-0.25, -0.2) is 0 Å². The Balaban J connectivity index is 2.63. The Hall–Kier alpha value is -0.120. The molecule has 0 aliphatic carbocycles. The molecule has 0 aromatic carbocycles. The highest BCUT2D eigenvalue weighted by molar-refractivity contribution is 4.85. The third kappa shape index (κ3) is 1.55. The van der Waals surface area contributed by atoms with Gasteiger partial charge in [-0.1, -0.05) is 6.92 Å². The van der Waals surface area contributed by atoms with Crippen molar-refractivity contribution in [2.24, 2.45) is 5.92 Å². The second kappa shape index (κ2) is 3.09. The molecule has 11 heavy (non-hydrogen) atoms. The molecule has 0 saturated carbocycles. The zero-order chi connectivity index (χ0) is 8.59. The van der Waals surface area contributed by atoms with E-state index in [-0.39, 0.29) is 18.1 Å². The summed E-state index contributed by atoms with van der Waals surface area (Å²) in [5, 5.41) is 18.9. The Bertz CT molecular complexity index is 123. The van der Waals surface area contributed by atoms with E-state index in [1.165, 1.54) is 0 Å². The van der Waals surface area contributed by atoms with E-state index in [1.54, 1.807) is 0 Å². The van der Waals surface area contributed by atoms with Gasteiger partial charge in [0.2, 0.25) is 0 Å². The van der Waals surface area contributed by atoms with Crippen molar-refractivity contribution in [2.45, 2.75) is 45.2 Å². The number of ether oxygens (including phenoxy) is 1. The second-order valence-corrected chi connectivity index (χ2v) is 3.39. The van der Waals surface area contributed by atoms with Gasteiger partial charge in [-0.05, 0) is 13.8 Å². The van der Waals surface area contributed by atoms with Crippen LogP contribution < -0.4 is 0 Å². The summed E-state index contributed by atoms with van der Waals surface area (Å²) in [7, 11) is 0. The molecule has 2 N–H and O–H groups in total. The molecule has 1 rings (SSSR count). The number of hydrogen-bond donors (Lipinski definition) is 2. The third-order valence-electron chi connectivity index (χ3n) is 2.47. The van der Waals surface area contributed by atoms with Crippen LogP contribution in [0.4, 0.5) is 0 Å². The van der Waals surface area contributed by atoms with E-state index in [2.05, 4.69) is 0 Å². The summed E-state index contributed by atoms with van der Waals surface area (Å²) in [5.74, 6) is -0.0891. The average Bonchev–Trinajstić information content (AvgIpc) is 1.97. The fraction of sp³-hybridized carbons (Fsp3) is 1.00. The molecular formula is C8H16O3. The van der Waals surface area contributed by atoms with Gasteiger partial charge in [0.15, 0.2) is 0 Å². The molecule has 0 radical (unpaired) electrons. The zero-order valence-electron chi connectivity index (χ0n) is 7.19. The van der Waals surface area contributed by atoms with E-state index in [0.717, 1.165) is 0 Å². The van der Waals surface area contributed by atoms with Gasteiger partial charge in [0, 0.05) is 5.92 Å². The first kappa shape index (κ1) is 8.97. The Kier molecular flexibility index (Phi) is 2.52. The van der Waals surface area contributed by atoms with Crippen LogP contribution in [0.2, 0.25) is 0 Å². The molecule has 1 unspecified atom stereocenters. The summed E-state index contributed by atoms with van der Waals surface area (Å²) in [6.45, 7) is 5.48. The molecule has 0 bridgehead atoms. The second-order valence-electron chi connectivity index (χ2n) is 3.39. The maximum Gasteiger partial charge on any atom is 0.0850 e. The molecule has 0 aromatic rings. The van der Waals surface area contributed by atoms with Crippen molar-refractivity contribution in [3.63, 3.8) is 0 Å². The molecule has 1 saturated heterocycles. The molecule has 3 heteroatoms. The highest BCUT2D eigenvalue weighted by Crippen LogP contribution is 2.24. The van der Waals surface area contributed by atoms with Crippen molar-refractivity contribution in [3.05, 3.63) is 0 Å². The van der Waals surface area contributed by atoms with Crippen LogP contribution in [0.3, 0.4) is 0 Å². The molecule has 1 aliphatic heterocycles. The van der Waals surface area contributed by atoms with Gasteiger partial charge in [-0.15, -0.1) is 0 Å². The quantitative estimate of drug-likeness (QED) is 0.530. The van der Waals surface area contributed by atoms with Crippen molar-refractivity contribution in [1.82, 2.24) is 0 Å². The minimum Gasteiger partial charge on any atom is -0.390 e. The predicted molar refractivity (Wildman–Crippen MR) is 41.2 cm³/mol. The van der Waals surface area contributed by atoms with Crippen LogP contribution in [0.15, 0.2) is 0 Å². The van der Waals surface area contributed by atoms with Gasteiger partial charge in [-0.3, -0.25) is 0 Å². The van der Waals surface area contributed by atoms with E-state index < -0.39 is 12.2 Å². The lowest BCUT2D eigenvalue weighted by molar-refractivity contribution is -0.183. The minimum absolute atomic E-state index is 0.0891. The van der Waals surface area contributed by atoms with Crippen LogP contribution in [-0.4, -0.2) is 34.6 Å². The molecule has 1 heterocycles. The monoisotopic (exact) mass is 160 g/mol. The smallest absolute Gasteiger partial charge is 0.0850 e. The fourth-order valence-electron chi connectivity index (χ4n) is 1.56. The van der Waals surface area contributed by atoms with Crippen molar-refractivity contribution in [3.8, 4) is 0 Å². The normalized spacial score (nSPS) is 52.6. The molecule has 0 amide bonds. The molecule has 1 fully saturated rings. The maximum atomic E-state index is 9.45. The highest BCUT2D eigenvalue weighted by Gasteiger charge is 2.37. The van der Waals surface area contributed by atoms with Crippen LogP contribution in [-0.2, 0) is 4.74 Å². The van der Waals surface area contributed by atoms with E-state index in [0.29, 0.717) is 0 Å². The number of rotatable bonds is 0. The van der Waals surface area contributed by atoms with Crippen molar-refractivity contribution in [2.75, 3.05) is 0 Å². The van der Waals surface area contributed by atoms with Crippen molar-refractivity contribution < 1.29 is 14.9 Å². The Morgan fingerprint density at radius 1 is 0.909 bits per heavy atom. The van der Waals surface area contributed by atoms with Gasteiger partial charge in [0.25, 0.3) is 0 Å². The van der Waals surface area contributed by atoms with Crippen LogP contribution in [0, 0.1) is 5.92 Å². The topological polar surface area (TPSA) is 49.7 Å². The SMILES string of the molecule is CC1O[C@@H](C)[C@H](O)[C@@H](C)[C@H]1O. The van der Waals surface area contributed by atoms with Crippen LogP contribution >= 0.6 is 0 Å². The van der Waals surface area contributed by atoms with Crippen molar-refractivity contribution >= 4 is 0 Å². The van der Waals surface area contributed by atoms with Gasteiger partial charge in [0.1, 0.15) is 0 Å². The lowest BCUT2D eigenvalue weighted by Crippen LogP contribution is -2.50. The lowest BCUT2D eigenvalue weighted by atomic mass is 9.89. The van der Waals surface area contributed by atoms with Crippen LogP contribution in [0.5, 0.6) is 0 Å². The molecular weight excluding hydrogens is 144 g/mol. The molecule has 0 aromatic heterocycles. The summed E-state index contributed by atoms with van der Waals surface area (Å²) >= 11 is 0. The molecule has 0 spiro atoms. The summed E-state index contributed by atoms with van der Waals surface area (Å²) in [4.78, 5) is 0. The van der Waals surface area contributed by atoms with Gasteiger partial charge in [0.05, 0.1) is 24.4 Å². The molecule has 3 nitrogen and oxygen atoms in total. The summed E-state index contributed by atoms with van der Waals surface area (Å²) in [6.07, 6.45) is -1.41. The standard InChI is InChI=1S/C8H16O3/c1-4-7(9)5(2)11-6(3)8(4)10/h4-10H,1-3H3/t4-,5+,6?,7-,8-/m1/s1. The summed E-state index contributed by atoms with van der Waals surface area (Å²) in [6, 6.07) is 0. The number of aliphatic hydroxyl groups excluding tert-OH is 2. The van der Waals surface area contributed by atoms with E-state index >= 15 is 0 Å². The van der Waals surface area contributed by atoms with Gasteiger partial charge < -0.3 is 14.9 Å². The molecule has 1 aliphatic rings. The van der Waals surface area contributed by atoms with E-state index in [1.807, 2.05) is 20.8 Å². The first-order valence-electron chi connectivity index (χ1n) is 4.05. The molecule has 66 valence electrons. The van der Waals surface area contributed by atoms with Crippen molar-refractivity contribution in [1.29, 1.82) is 0 Å². The zero-order valence-corrected chi connectivity index (χ0v) is 7.19. The predicted octanol–water partition coefficient (Wildman–Crippen LogP) is 0.152. The minimum atomic E-state index is -0.541. The van der Waals surface area contributed by atoms with Crippen LogP contribution in [0.25, 0.3) is 0 Å². The average molecular weight is 160 g/mol. The Morgan fingerprint density at radius 2 is 1.27 bits per heavy atom. The Morgan fingerprint density at radius 3 is 1.64 bits per heavy atom. The summed E-state index contributed by atoms with van der Waals surface area (Å²) in [5.41, 5.74) is 0. The first-order chi connectivity index (χ1) is 5.04. The van der Waals surface area contributed by atoms with Crippen LogP contribution in [0.1, 0.15) is 20.8 Å².